The first-order chi connectivity index (χ1) is 8.00. The van der Waals surface area contributed by atoms with Crippen molar-refractivity contribution in [1.29, 1.82) is 0 Å². The molecule has 0 atom stereocenters. The molecule has 0 saturated heterocycles. The molecule has 1 heterocycles. The van der Waals surface area contributed by atoms with E-state index in [-0.39, 0.29) is 34.2 Å². The number of carbonyl (C=O) groups excluding carboxylic acids is 1. The summed E-state index contributed by atoms with van der Waals surface area (Å²) < 4.78 is 5.17. The Morgan fingerprint density at radius 1 is 1.53 bits per heavy atom. The zero-order valence-corrected chi connectivity index (χ0v) is 9.23. The minimum absolute atomic E-state index is 0.142. The highest BCUT2D eigenvalue weighted by atomic mass is 35.5. The summed E-state index contributed by atoms with van der Waals surface area (Å²) in [5.41, 5.74) is 5.42. The minimum atomic E-state index is -0.692. The number of primary amides is 1. The van der Waals surface area contributed by atoms with Crippen molar-refractivity contribution in [2.45, 2.75) is 0 Å². The second-order valence-corrected chi connectivity index (χ2v) is 3.79. The Labute approximate surface area is 101 Å². The van der Waals surface area contributed by atoms with E-state index in [0.717, 1.165) is 0 Å². The summed E-state index contributed by atoms with van der Waals surface area (Å²) in [4.78, 5) is 21.2. The van der Waals surface area contributed by atoms with Crippen LogP contribution in [0.2, 0.25) is 5.02 Å². The predicted octanol–water partition coefficient (Wildman–Crippen LogP) is 1.45. The summed E-state index contributed by atoms with van der Waals surface area (Å²) in [6.45, 7) is -0.193. The van der Waals surface area contributed by atoms with Gasteiger partial charge in [-0.15, -0.1) is 0 Å². The number of hydrogen-bond donors (Lipinski definition) is 1. The van der Waals surface area contributed by atoms with E-state index in [9.17, 15) is 14.9 Å². The lowest BCUT2D eigenvalue weighted by Crippen LogP contribution is -2.18. The Morgan fingerprint density at radius 3 is 2.82 bits per heavy atom. The normalized spacial score (nSPS) is 13.4. The summed E-state index contributed by atoms with van der Waals surface area (Å²) in [5, 5.41) is 10.9. The van der Waals surface area contributed by atoms with Gasteiger partial charge in [-0.1, -0.05) is 11.6 Å². The molecule has 6 nitrogen and oxygen atoms in total. The third-order valence-corrected chi connectivity index (χ3v) is 2.62. The van der Waals surface area contributed by atoms with Gasteiger partial charge in [-0.2, -0.15) is 0 Å². The van der Waals surface area contributed by atoms with Gasteiger partial charge in [0.2, 0.25) is 5.91 Å². The smallest absolute Gasteiger partial charge is 0.284 e. The molecule has 0 spiro atoms. The Bertz CT molecular complexity index is 553. The molecule has 0 aromatic heterocycles. The van der Waals surface area contributed by atoms with Crippen molar-refractivity contribution in [1.82, 2.24) is 0 Å². The van der Waals surface area contributed by atoms with E-state index < -0.39 is 10.8 Å². The van der Waals surface area contributed by atoms with E-state index in [4.69, 9.17) is 22.1 Å². The first-order valence-corrected chi connectivity index (χ1v) is 4.98. The number of carbonyl (C=O) groups is 1. The molecule has 1 aromatic rings. The van der Waals surface area contributed by atoms with Crippen molar-refractivity contribution in [3.05, 3.63) is 44.1 Å². The molecule has 0 fully saturated rings. The lowest BCUT2D eigenvalue weighted by molar-refractivity contribution is -0.427. The zero-order chi connectivity index (χ0) is 12.6. The summed E-state index contributed by atoms with van der Waals surface area (Å²) in [7, 11) is 0. The third kappa shape index (κ3) is 1.94. The quantitative estimate of drug-likeness (QED) is 0.638. The average molecular weight is 255 g/mol. The van der Waals surface area contributed by atoms with Crippen molar-refractivity contribution < 1.29 is 14.5 Å². The van der Waals surface area contributed by atoms with Crippen LogP contribution in [0.5, 0.6) is 5.75 Å². The highest BCUT2D eigenvalue weighted by molar-refractivity contribution is 6.32. The summed E-state index contributed by atoms with van der Waals surface area (Å²) in [6, 6.07) is 2.87. The van der Waals surface area contributed by atoms with Crippen LogP contribution < -0.4 is 10.5 Å². The number of ether oxygens (including phenoxy) is 1. The van der Waals surface area contributed by atoms with Crippen LogP contribution in [0.15, 0.2) is 17.8 Å². The molecule has 0 bridgehead atoms. The predicted molar refractivity (Wildman–Crippen MR) is 60.4 cm³/mol. The number of nitrogens with zero attached hydrogens (tertiary/aromatic N) is 1. The fourth-order valence-electron chi connectivity index (χ4n) is 1.54. The van der Waals surface area contributed by atoms with E-state index in [2.05, 4.69) is 0 Å². The van der Waals surface area contributed by atoms with E-state index >= 15 is 0 Å². The number of nitro groups is 1. The van der Waals surface area contributed by atoms with Gasteiger partial charge in [0.15, 0.2) is 6.61 Å². The molecule has 0 radical (unpaired) electrons. The molecule has 17 heavy (non-hydrogen) atoms. The molecule has 7 heteroatoms. The monoisotopic (exact) mass is 254 g/mol. The second kappa shape index (κ2) is 4.06. The Morgan fingerprint density at radius 2 is 2.24 bits per heavy atom. The lowest BCUT2D eigenvalue weighted by Gasteiger charge is -2.16. The van der Waals surface area contributed by atoms with Crippen LogP contribution in [0.25, 0.3) is 6.08 Å². The number of nitrogens with two attached hydrogens (primary N) is 1. The van der Waals surface area contributed by atoms with E-state index in [0.29, 0.717) is 0 Å². The molecule has 1 aliphatic rings. The van der Waals surface area contributed by atoms with Crippen LogP contribution in [0, 0.1) is 10.1 Å². The van der Waals surface area contributed by atoms with Gasteiger partial charge in [0.05, 0.1) is 15.5 Å². The maximum absolute atomic E-state index is 11.2. The van der Waals surface area contributed by atoms with Crippen LogP contribution in [0.1, 0.15) is 15.9 Å². The zero-order valence-electron chi connectivity index (χ0n) is 8.47. The van der Waals surface area contributed by atoms with Gasteiger partial charge in [0, 0.05) is 11.6 Å². The number of rotatable bonds is 2. The SMILES string of the molecule is NC(=O)c1ccc(Cl)c2c1C=C([N+](=O)[O-])CO2. The molecule has 2 N–H and O–H groups in total. The van der Waals surface area contributed by atoms with E-state index in [1.54, 1.807) is 0 Å². The van der Waals surface area contributed by atoms with Gasteiger partial charge in [-0.05, 0) is 12.1 Å². The maximum atomic E-state index is 11.2. The van der Waals surface area contributed by atoms with Crippen LogP contribution in [0.4, 0.5) is 0 Å². The third-order valence-electron chi connectivity index (χ3n) is 2.32. The van der Waals surface area contributed by atoms with Gasteiger partial charge in [-0.25, -0.2) is 0 Å². The van der Waals surface area contributed by atoms with Crippen LogP contribution in [-0.2, 0) is 0 Å². The highest BCUT2D eigenvalue weighted by Crippen LogP contribution is 2.36. The number of hydrogen-bond acceptors (Lipinski definition) is 4. The summed E-state index contributed by atoms with van der Waals surface area (Å²) in [6.07, 6.45) is 1.25. The molecule has 1 amide bonds. The lowest BCUT2D eigenvalue weighted by atomic mass is 10.0. The van der Waals surface area contributed by atoms with E-state index in [1.165, 1.54) is 18.2 Å². The van der Waals surface area contributed by atoms with Gasteiger partial charge in [0.25, 0.3) is 5.70 Å². The molecule has 1 aromatic carbocycles. The fraction of sp³-hybridized carbons (Fsp3) is 0.100. The summed E-state index contributed by atoms with van der Waals surface area (Å²) in [5.74, 6) is -0.448. The molecular formula is C10H7ClN2O4. The molecular weight excluding hydrogens is 248 g/mol. The molecule has 1 aliphatic heterocycles. The first-order valence-electron chi connectivity index (χ1n) is 4.60. The Hall–Kier alpha value is -2.08. The van der Waals surface area contributed by atoms with Crippen molar-refractivity contribution in [3.63, 3.8) is 0 Å². The maximum Gasteiger partial charge on any atom is 0.284 e. The Balaban J connectivity index is 2.66. The van der Waals surface area contributed by atoms with E-state index in [1.807, 2.05) is 0 Å². The average Bonchev–Trinajstić information content (AvgIpc) is 2.28. The highest BCUT2D eigenvalue weighted by Gasteiger charge is 2.25. The van der Waals surface area contributed by atoms with Crippen molar-refractivity contribution in [2.75, 3.05) is 6.61 Å². The van der Waals surface area contributed by atoms with Gasteiger partial charge < -0.3 is 10.5 Å². The number of halogens is 1. The molecule has 0 unspecified atom stereocenters. The topological polar surface area (TPSA) is 95.5 Å². The van der Waals surface area contributed by atoms with Gasteiger partial charge >= 0.3 is 0 Å². The van der Waals surface area contributed by atoms with Crippen molar-refractivity contribution >= 4 is 23.6 Å². The largest absolute Gasteiger partial charge is 0.480 e. The number of amides is 1. The molecule has 0 aliphatic carbocycles. The van der Waals surface area contributed by atoms with Crippen LogP contribution in [-0.4, -0.2) is 17.4 Å². The van der Waals surface area contributed by atoms with Crippen LogP contribution in [0.3, 0.4) is 0 Å². The number of benzene rings is 1. The molecule has 0 saturated carbocycles. The number of fused-ring (bicyclic) bond motifs is 1. The minimum Gasteiger partial charge on any atom is -0.480 e. The molecule has 2 rings (SSSR count). The fourth-order valence-corrected chi connectivity index (χ4v) is 1.76. The van der Waals surface area contributed by atoms with Crippen LogP contribution >= 0.6 is 11.6 Å². The van der Waals surface area contributed by atoms with Gasteiger partial charge in [0.1, 0.15) is 5.75 Å². The van der Waals surface area contributed by atoms with Crippen molar-refractivity contribution in [2.24, 2.45) is 5.73 Å². The standard InChI is InChI=1S/C10H7ClN2O4/c11-8-2-1-6(10(12)14)7-3-5(13(15)16)4-17-9(7)8/h1-3H,4H2,(H2,12,14). The first kappa shape index (κ1) is 11.4. The second-order valence-electron chi connectivity index (χ2n) is 3.38. The van der Waals surface area contributed by atoms with Crippen molar-refractivity contribution in [3.8, 4) is 5.75 Å². The van der Waals surface area contributed by atoms with Gasteiger partial charge in [-0.3, -0.25) is 14.9 Å². The molecule has 88 valence electrons. The summed E-state index contributed by atoms with van der Waals surface area (Å²) >= 11 is 5.87. The Kier molecular flexibility index (Phi) is 2.72.